The number of pyridine rings is 1. The van der Waals surface area contributed by atoms with E-state index in [4.69, 9.17) is 13.2 Å². The van der Waals surface area contributed by atoms with Crippen LogP contribution in [0.25, 0.3) is 72.7 Å². The van der Waals surface area contributed by atoms with Gasteiger partial charge in [-0.15, -0.1) is 0 Å². The molecule has 8 aromatic rings. The summed E-state index contributed by atoms with van der Waals surface area (Å²) in [5, 5.41) is 12.3. The second-order valence-corrected chi connectivity index (χ2v) is 18.9. The molecule has 0 atom stereocenters. The van der Waals surface area contributed by atoms with Gasteiger partial charge in [0.2, 0.25) is 0 Å². The van der Waals surface area contributed by atoms with Crippen LogP contribution in [-0.2, 0) is 10.8 Å². The number of hydrogen-bond acceptors (Lipinski definition) is 3. The van der Waals surface area contributed by atoms with E-state index in [1.165, 1.54) is 0 Å². The highest BCUT2D eigenvalue weighted by Crippen LogP contribution is 2.44. The maximum atomic E-state index is 12.3. The zero-order chi connectivity index (χ0) is 49.5. The quantitative estimate of drug-likeness (QED) is 0.166. The van der Waals surface area contributed by atoms with Crippen molar-refractivity contribution in [1.82, 2.24) is 14.5 Å². The Morgan fingerprint density at radius 1 is 0.607 bits per heavy atom. The fraction of sp³-hybridized carbons (Fsp3) is 0.263. The van der Waals surface area contributed by atoms with E-state index in [1.54, 1.807) is 0 Å². The molecular weight excluding hydrogens is 743 g/mol. The van der Waals surface area contributed by atoms with Gasteiger partial charge in [-0.25, -0.2) is 4.98 Å². The fourth-order valence-corrected chi connectivity index (χ4v) is 7.82. The number of phenolic OH excluding ortho intramolecular Hbond substituents is 1. The highest BCUT2D eigenvalue weighted by Gasteiger charge is 2.26. The molecule has 6 aromatic carbocycles. The Hall–Kier alpha value is -6.26. The minimum Gasteiger partial charge on any atom is -0.507 e. The highest BCUT2D eigenvalue weighted by atomic mass is 16.3. The van der Waals surface area contributed by atoms with E-state index in [-0.39, 0.29) is 70.2 Å². The molecule has 0 amide bonds. The van der Waals surface area contributed by atoms with Crippen LogP contribution in [0.3, 0.4) is 0 Å². The van der Waals surface area contributed by atoms with E-state index in [9.17, 15) is 6.48 Å². The van der Waals surface area contributed by atoms with Crippen molar-refractivity contribution in [3.05, 3.63) is 167 Å². The number of imidazole rings is 1. The number of para-hydroxylation sites is 1. The van der Waals surface area contributed by atoms with Crippen LogP contribution < -0.4 is 0 Å². The number of hydrogen-bond donors (Lipinski definition) is 1. The lowest BCUT2D eigenvalue weighted by molar-refractivity contribution is 0.466. The molecule has 2 heterocycles. The summed E-state index contributed by atoms with van der Waals surface area (Å²) in [6.07, 6.45) is -0.451. The number of fused-ring (bicyclic) bond motifs is 1. The molecule has 0 aliphatic carbocycles. The molecule has 2 aromatic heterocycles. The highest BCUT2D eigenvalue weighted by molar-refractivity contribution is 5.98. The molecule has 0 saturated heterocycles. The molecule has 61 heavy (non-hydrogen) atoms. The lowest BCUT2D eigenvalue weighted by Crippen LogP contribution is -2.11. The largest absolute Gasteiger partial charge is 0.507 e. The minimum absolute atomic E-state index is 0.0364. The van der Waals surface area contributed by atoms with Crippen molar-refractivity contribution >= 4 is 11.0 Å². The number of benzene rings is 6. The summed E-state index contributed by atoms with van der Waals surface area (Å²) in [6.45, 7) is 22.3. The Labute approximate surface area is 372 Å². The third-order valence-electron chi connectivity index (χ3n) is 11.5. The van der Waals surface area contributed by atoms with Crippen molar-refractivity contribution in [2.75, 3.05) is 0 Å². The molecule has 0 fully saturated rings. The van der Waals surface area contributed by atoms with Crippen molar-refractivity contribution in [2.24, 2.45) is 0 Å². The molecule has 4 heteroatoms. The standard InChI is InChI=1S/C57H59N3O/c1-35(2)41-32-47(36(3)4)54(61)49(33-41)55-59-53-46(18-15-19-52(53)60(55)51-25-20-37(5)28-48(51)39-16-13-12-14-17-39)42-29-43(31-45(30-42)57(9,10)11)50-34-40(26-27-58-50)38-21-23-44(24-22-38)56(6,7)8/h12-36,61H,1-11H3/i21D,22D,23D,24D,26D,27D,34D. The van der Waals surface area contributed by atoms with E-state index in [1.807, 2.05) is 69.3 Å². The van der Waals surface area contributed by atoms with E-state index in [2.05, 4.69) is 113 Å². The Kier molecular flexibility index (Phi) is 8.76. The number of phenols is 1. The third kappa shape index (κ3) is 8.16. The van der Waals surface area contributed by atoms with Gasteiger partial charge < -0.3 is 5.11 Å². The predicted octanol–water partition coefficient (Wildman–Crippen LogP) is 15.6. The first-order chi connectivity index (χ1) is 31.9. The van der Waals surface area contributed by atoms with Gasteiger partial charge >= 0.3 is 0 Å². The predicted molar refractivity (Wildman–Crippen MR) is 258 cm³/mol. The number of aromatic hydroxyl groups is 1. The van der Waals surface area contributed by atoms with Crippen LogP contribution in [-0.4, -0.2) is 19.6 Å². The summed E-state index contributed by atoms with van der Waals surface area (Å²) >= 11 is 0. The zero-order valence-corrected chi connectivity index (χ0v) is 37.2. The van der Waals surface area contributed by atoms with Crippen LogP contribution in [0.15, 0.2) is 139 Å². The summed E-state index contributed by atoms with van der Waals surface area (Å²) in [5.41, 5.74) is 9.75. The van der Waals surface area contributed by atoms with Crippen LogP contribution in [0.4, 0.5) is 0 Å². The molecule has 0 unspecified atom stereocenters. The second kappa shape index (κ2) is 16.0. The van der Waals surface area contributed by atoms with Gasteiger partial charge in [0.05, 0.1) is 37.6 Å². The molecule has 0 bridgehead atoms. The summed E-state index contributed by atoms with van der Waals surface area (Å²) in [7, 11) is 0. The third-order valence-corrected chi connectivity index (χ3v) is 11.5. The zero-order valence-electron chi connectivity index (χ0n) is 44.2. The average Bonchev–Trinajstić information content (AvgIpc) is 3.66. The Bertz CT molecular complexity index is 3280. The van der Waals surface area contributed by atoms with Crippen LogP contribution in [0.5, 0.6) is 5.75 Å². The van der Waals surface area contributed by atoms with Gasteiger partial charge in [0, 0.05) is 22.9 Å². The SMILES string of the molecule is [2H]c1nc(-c2cc(-c3cccc4c3nc(-c3cc(C(C)C)cc(C(C)C)c3O)n4-c3ccc(C)cc3-c3ccccc3)cc(C(C)(C)C)c2)c([2H])c(-c2c([2H])c([2H])c(C(C)(C)C)c([2H])c2[2H])c1[2H]. The maximum Gasteiger partial charge on any atom is 0.149 e. The smallest absolute Gasteiger partial charge is 0.149 e. The van der Waals surface area contributed by atoms with Gasteiger partial charge in [-0.3, -0.25) is 9.55 Å². The van der Waals surface area contributed by atoms with Crippen LogP contribution >= 0.6 is 0 Å². The molecule has 0 spiro atoms. The van der Waals surface area contributed by atoms with Crippen LogP contribution in [0.1, 0.15) is 118 Å². The van der Waals surface area contributed by atoms with Crippen LogP contribution in [0.2, 0.25) is 0 Å². The maximum absolute atomic E-state index is 12.3. The molecule has 0 saturated carbocycles. The first kappa shape index (κ1) is 33.5. The van der Waals surface area contributed by atoms with Gasteiger partial charge in [-0.1, -0.05) is 160 Å². The lowest BCUT2D eigenvalue weighted by Gasteiger charge is -2.22. The van der Waals surface area contributed by atoms with Gasteiger partial charge in [0.15, 0.2) is 0 Å². The van der Waals surface area contributed by atoms with Crippen molar-refractivity contribution in [1.29, 1.82) is 0 Å². The molecule has 0 radical (unpaired) electrons. The monoisotopic (exact) mass is 809 g/mol. The van der Waals surface area contributed by atoms with E-state index in [0.717, 1.165) is 55.7 Å². The van der Waals surface area contributed by atoms with Gasteiger partial charge in [-0.05, 0) is 123 Å². The molecule has 0 aliphatic heterocycles. The normalized spacial score (nSPS) is 13.8. The summed E-state index contributed by atoms with van der Waals surface area (Å²) < 4.78 is 65.8. The molecule has 0 aliphatic rings. The first-order valence-corrected chi connectivity index (χ1v) is 21.2. The Balaban J connectivity index is 1.45. The van der Waals surface area contributed by atoms with Crippen molar-refractivity contribution in [3.8, 4) is 67.5 Å². The average molecular weight is 809 g/mol. The van der Waals surface area contributed by atoms with E-state index < -0.39 is 23.0 Å². The Morgan fingerprint density at radius 2 is 1.31 bits per heavy atom. The Morgan fingerprint density at radius 3 is 1.98 bits per heavy atom. The van der Waals surface area contributed by atoms with E-state index >= 15 is 0 Å². The second-order valence-electron chi connectivity index (χ2n) is 18.9. The van der Waals surface area contributed by atoms with Gasteiger partial charge in [0.25, 0.3) is 0 Å². The molecule has 8 rings (SSSR count). The molecule has 1 N–H and O–H groups in total. The van der Waals surface area contributed by atoms with E-state index in [0.29, 0.717) is 22.5 Å². The molecule has 308 valence electrons. The van der Waals surface area contributed by atoms with Crippen molar-refractivity contribution < 1.29 is 14.7 Å². The lowest BCUT2D eigenvalue weighted by atomic mass is 9.83. The number of aromatic nitrogens is 3. The molecular formula is C57H59N3O. The minimum atomic E-state index is -0.709. The van der Waals surface area contributed by atoms with Crippen molar-refractivity contribution in [3.63, 3.8) is 0 Å². The topological polar surface area (TPSA) is 50.9 Å². The van der Waals surface area contributed by atoms with Gasteiger partial charge in [0.1, 0.15) is 11.6 Å². The number of rotatable bonds is 8. The van der Waals surface area contributed by atoms with Crippen LogP contribution in [0, 0.1) is 6.92 Å². The summed E-state index contributed by atoms with van der Waals surface area (Å²) in [6, 6.07) is 30.8. The number of nitrogens with zero attached hydrogens (tertiary/aromatic N) is 3. The number of aryl methyl sites for hydroxylation is 1. The van der Waals surface area contributed by atoms with Crippen molar-refractivity contribution in [2.45, 2.75) is 98.8 Å². The first-order valence-electron chi connectivity index (χ1n) is 24.7. The molecule has 4 nitrogen and oxygen atoms in total. The fourth-order valence-electron chi connectivity index (χ4n) is 7.82. The van der Waals surface area contributed by atoms with Gasteiger partial charge in [-0.2, -0.15) is 0 Å². The summed E-state index contributed by atoms with van der Waals surface area (Å²) in [4.78, 5) is 10.1. The summed E-state index contributed by atoms with van der Waals surface area (Å²) in [5.74, 6) is 0.962.